The predicted octanol–water partition coefficient (Wildman–Crippen LogP) is 0.798. The van der Waals surface area contributed by atoms with Gasteiger partial charge in [0, 0.05) is 36.0 Å². The molecule has 0 aliphatic rings. The fourth-order valence-electron chi connectivity index (χ4n) is 4.81. The van der Waals surface area contributed by atoms with Crippen molar-refractivity contribution in [2.24, 2.45) is 20.5 Å². The van der Waals surface area contributed by atoms with E-state index in [1.54, 1.807) is 60.7 Å². The maximum atomic E-state index is 12.5. The molecule has 60 heavy (non-hydrogen) atoms. The van der Waals surface area contributed by atoms with Crippen molar-refractivity contribution in [2.75, 3.05) is 0 Å². The molecule has 0 bridgehead atoms. The van der Waals surface area contributed by atoms with Crippen molar-refractivity contribution in [1.82, 2.24) is 19.6 Å². The third-order valence-corrected chi connectivity index (χ3v) is 9.23. The molecule has 0 aliphatic carbocycles. The average Bonchev–Trinajstić information content (AvgIpc) is 3.61. The molecule has 0 amide bonds. The molecule has 2 N–H and O–H groups in total. The summed E-state index contributed by atoms with van der Waals surface area (Å²) in [6.07, 6.45) is 0. The Hall–Kier alpha value is -6.15. The molecular weight excluding hydrogens is 888 g/mol. The zero-order valence-corrected chi connectivity index (χ0v) is 35.5. The molecule has 2 heterocycles. The summed E-state index contributed by atoms with van der Waals surface area (Å²) in [4.78, 5) is 17.6. The van der Waals surface area contributed by atoms with E-state index in [1.807, 2.05) is 0 Å². The number of hydrogen-bond donors (Lipinski definition) is 2. The van der Waals surface area contributed by atoms with E-state index in [4.69, 9.17) is 9.11 Å². The van der Waals surface area contributed by atoms with Crippen LogP contribution in [0.2, 0.25) is 0 Å². The minimum atomic E-state index is -5.04. The Kier molecular flexibility index (Phi) is 15.5. The number of nitro groups is 2. The molecule has 303 valence electrons. The third-order valence-electron chi connectivity index (χ3n) is 7.51. The second-order valence-corrected chi connectivity index (χ2v) is 14.2. The van der Waals surface area contributed by atoms with Crippen LogP contribution in [0.25, 0.3) is 11.4 Å². The second kappa shape index (κ2) is 19.3. The number of azo groups is 2. The first-order valence-electron chi connectivity index (χ1n) is 15.6. The van der Waals surface area contributed by atoms with Crippen LogP contribution in [0.4, 0.5) is 34.1 Å². The van der Waals surface area contributed by atoms with Crippen molar-refractivity contribution in [3.05, 3.63) is 117 Å². The van der Waals surface area contributed by atoms with Crippen LogP contribution in [-0.2, 0) is 37.6 Å². The molecule has 0 fully saturated rings. The van der Waals surface area contributed by atoms with Gasteiger partial charge < -0.3 is 20.4 Å². The van der Waals surface area contributed by atoms with Gasteiger partial charge in [-0.05, 0) is 38.1 Å². The van der Waals surface area contributed by atoms with Gasteiger partial charge in [0.25, 0.3) is 31.6 Å². The zero-order valence-electron chi connectivity index (χ0n) is 30.6. The van der Waals surface area contributed by atoms with Gasteiger partial charge in [-0.15, -0.1) is 10.2 Å². The Bertz CT molecular complexity index is 2680. The van der Waals surface area contributed by atoms with Crippen molar-refractivity contribution < 1.29 is 103 Å². The largest absolute Gasteiger partial charge is 3.00 e. The summed E-state index contributed by atoms with van der Waals surface area (Å²) < 4.78 is 65.6. The number of non-ortho nitro benzene ring substituents is 2. The molecule has 0 saturated heterocycles. The third kappa shape index (κ3) is 10.7. The number of nitrogens with zero attached hydrogens (tertiary/aromatic N) is 10. The molecule has 0 saturated carbocycles. The summed E-state index contributed by atoms with van der Waals surface area (Å²) in [6, 6.07) is 19.0. The van der Waals surface area contributed by atoms with Crippen LogP contribution in [-0.4, -0.2) is 55.3 Å². The summed E-state index contributed by atoms with van der Waals surface area (Å²) in [6.45, 7) is 2.93. The predicted molar refractivity (Wildman–Crippen MR) is 189 cm³/mol. The van der Waals surface area contributed by atoms with Gasteiger partial charge in [-0.25, -0.2) is 9.36 Å². The monoisotopic (exact) mass is 909 g/mol. The van der Waals surface area contributed by atoms with E-state index in [0.29, 0.717) is 35.6 Å². The number of rotatable bonds is 10. The summed E-state index contributed by atoms with van der Waals surface area (Å²) in [7, 11) is -10.1. The van der Waals surface area contributed by atoms with E-state index >= 15 is 0 Å². The van der Waals surface area contributed by atoms with Crippen LogP contribution in [0.5, 0.6) is 23.3 Å². The van der Waals surface area contributed by atoms with Gasteiger partial charge in [0.1, 0.15) is 11.4 Å². The minimum absolute atomic E-state index is 0. The number of hydrogen-bond acceptors (Lipinski definition) is 18. The maximum absolute atomic E-state index is 12.5. The van der Waals surface area contributed by atoms with Crippen LogP contribution < -0.4 is 50.0 Å². The molecule has 24 nitrogen and oxygen atoms in total. The number of benzene rings is 4. The van der Waals surface area contributed by atoms with Crippen molar-refractivity contribution in [1.29, 1.82) is 0 Å². The molecule has 1 radical (unpaired) electrons. The van der Waals surface area contributed by atoms with Gasteiger partial charge in [-0.3, -0.25) is 29.3 Å². The van der Waals surface area contributed by atoms with Crippen molar-refractivity contribution in [2.45, 2.75) is 23.6 Å². The fourth-order valence-corrected chi connectivity index (χ4v) is 6.03. The molecular formula is C32H22CrN10NaO14S2. The van der Waals surface area contributed by atoms with E-state index in [9.17, 15) is 57.5 Å². The average molecular weight is 910 g/mol. The molecule has 2 aromatic heterocycles. The summed E-state index contributed by atoms with van der Waals surface area (Å²) in [5.74, 6) is -3.93. The number of para-hydroxylation sites is 2. The van der Waals surface area contributed by atoms with Gasteiger partial charge >= 0.3 is 46.9 Å². The van der Waals surface area contributed by atoms with E-state index < -0.39 is 85.9 Å². The summed E-state index contributed by atoms with van der Waals surface area (Å²) >= 11 is 0. The first-order valence-corrected chi connectivity index (χ1v) is 18.5. The molecule has 0 aliphatic heterocycles. The first kappa shape index (κ1) is 48.2. The Morgan fingerprint density at radius 3 is 1.18 bits per heavy atom. The van der Waals surface area contributed by atoms with Gasteiger partial charge in [-0.2, -0.15) is 37.3 Å². The first-order chi connectivity index (χ1) is 27.2. The summed E-state index contributed by atoms with van der Waals surface area (Å²) in [5.41, 5.74) is -2.33. The van der Waals surface area contributed by atoms with Gasteiger partial charge in [-0.1, -0.05) is 47.9 Å². The van der Waals surface area contributed by atoms with E-state index in [2.05, 4.69) is 30.7 Å². The van der Waals surface area contributed by atoms with Crippen molar-refractivity contribution >= 4 is 54.4 Å². The number of nitro benzene ring substituents is 2. The molecule has 28 heteroatoms. The summed E-state index contributed by atoms with van der Waals surface area (Å²) in [5, 5.41) is 93.8. The SMILES string of the molecule is Cc1nn(-c2ccccc2)c([O-])c1N=Nc1cc([N+](=O)[O-])cc(S(=O)(=O)O)c1[O-].Cc1nn(-c2ccccc2)c([O-])c1N=Nc1cc([N+](=O)[O-])cc(S(=O)(=O)O)c1[O-].[Cr+3].[Na+]. The number of aromatic nitrogens is 4. The van der Waals surface area contributed by atoms with Crippen LogP contribution in [0.3, 0.4) is 0 Å². The molecule has 6 aromatic rings. The standard InChI is InChI=1S/2C16H13N5O7S.Cr.Na/c2*1-9-14(16(23)20(19-9)10-5-3-2-4-6-10)18-17-12-7-11(21(24)25)8-13(15(12)22)29(26,27)28;;/h2*2-8,22-23H,1H3,(H,26,27,28);;/q;;+3;+1/p-4. The van der Waals surface area contributed by atoms with E-state index in [1.165, 1.54) is 13.8 Å². The van der Waals surface area contributed by atoms with E-state index in [0.717, 1.165) is 9.36 Å². The fraction of sp³-hybridized carbons (Fsp3) is 0.0625. The van der Waals surface area contributed by atoms with Crippen LogP contribution in [0, 0.1) is 34.1 Å². The second-order valence-electron chi connectivity index (χ2n) is 11.4. The van der Waals surface area contributed by atoms with E-state index in [-0.39, 0.29) is 69.7 Å². The Morgan fingerprint density at radius 2 is 0.900 bits per heavy atom. The topological polar surface area (TPSA) is 372 Å². The van der Waals surface area contributed by atoms with Gasteiger partial charge in [0.2, 0.25) is 0 Å². The molecule has 6 rings (SSSR count). The quantitative estimate of drug-likeness (QED) is 0.0631. The number of aryl methyl sites for hydroxylation is 2. The van der Waals surface area contributed by atoms with Gasteiger partial charge in [0.05, 0.1) is 53.8 Å². The smallest absolute Gasteiger partial charge is 0.870 e. The minimum Gasteiger partial charge on any atom is -0.870 e. The Morgan fingerprint density at radius 1 is 0.583 bits per heavy atom. The Labute approximate surface area is 370 Å². The maximum Gasteiger partial charge on any atom is 3.00 e. The van der Waals surface area contributed by atoms with Crippen LogP contribution in [0.1, 0.15) is 11.4 Å². The Balaban J connectivity index is 0.000000310. The van der Waals surface area contributed by atoms with Crippen LogP contribution >= 0.6 is 0 Å². The normalized spacial score (nSPS) is 11.4. The van der Waals surface area contributed by atoms with Gasteiger partial charge in [0.15, 0.2) is 0 Å². The zero-order chi connectivity index (χ0) is 42.7. The molecule has 0 atom stereocenters. The van der Waals surface area contributed by atoms with Crippen molar-refractivity contribution in [3.63, 3.8) is 0 Å². The van der Waals surface area contributed by atoms with Crippen molar-refractivity contribution in [3.8, 4) is 34.6 Å². The molecule has 0 spiro atoms. The molecule has 0 unspecified atom stereocenters. The molecule has 4 aromatic carbocycles. The van der Waals surface area contributed by atoms with Crippen LogP contribution in [0.15, 0.2) is 115 Å².